The molecule has 127 valence electrons. The third kappa shape index (κ3) is 2.67. The van der Waals surface area contributed by atoms with E-state index in [0.717, 1.165) is 64.7 Å². The van der Waals surface area contributed by atoms with E-state index in [0.29, 0.717) is 6.54 Å². The lowest BCUT2D eigenvalue weighted by Gasteiger charge is -2.09. The highest BCUT2D eigenvalue weighted by molar-refractivity contribution is 5.95. The van der Waals surface area contributed by atoms with Crippen LogP contribution in [-0.2, 0) is 13.0 Å². The van der Waals surface area contributed by atoms with Gasteiger partial charge in [0.2, 0.25) is 0 Å². The third-order valence-electron chi connectivity index (χ3n) is 4.50. The Kier molecular flexibility index (Phi) is 3.95. The molecule has 1 aliphatic rings. The second kappa shape index (κ2) is 6.27. The van der Waals surface area contributed by atoms with E-state index in [1.54, 1.807) is 0 Å². The van der Waals surface area contributed by atoms with Gasteiger partial charge in [-0.1, -0.05) is 13.8 Å². The molecule has 0 unspecified atom stereocenters. The van der Waals surface area contributed by atoms with E-state index in [1.165, 1.54) is 0 Å². The van der Waals surface area contributed by atoms with Crippen molar-refractivity contribution in [2.24, 2.45) is 4.99 Å². The molecule has 0 atom stereocenters. The standard InChI is InChI=1S/C19H21N6/c1-4-6-14-22-17-13(8-10-20-18(17)23-14)11-25-15(5-2)24-16-12(3)7-9-21-19(16)25/h7-10H,4-6,11H2,1-3H3. The van der Waals surface area contributed by atoms with E-state index in [9.17, 15) is 0 Å². The molecule has 6 nitrogen and oxygen atoms in total. The van der Waals surface area contributed by atoms with Crippen LogP contribution in [0.4, 0.5) is 11.5 Å². The van der Waals surface area contributed by atoms with E-state index >= 15 is 0 Å². The smallest absolute Gasteiger partial charge is 0.180 e. The van der Waals surface area contributed by atoms with Crippen LogP contribution < -0.4 is 5.32 Å². The number of rotatable bonds is 5. The van der Waals surface area contributed by atoms with Crippen molar-refractivity contribution in [3.05, 3.63) is 41.5 Å². The number of aryl methyl sites for hydroxylation is 2. The molecule has 0 saturated heterocycles. The molecule has 6 heteroatoms. The van der Waals surface area contributed by atoms with Crippen LogP contribution in [0, 0.1) is 6.92 Å². The Hall–Kier alpha value is -2.76. The quantitative estimate of drug-likeness (QED) is 0.712. The summed E-state index contributed by atoms with van der Waals surface area (Å²) < 4.78 is 2.19. The zero-order valence-corrected chi connectivity index (χ0v) is 14.8. The Morgan fingerprint density at radius 1 is 1.08 bits per heavy atom. The molecule has 3 aromatic heterocycles. The first kappa shape index (κ1) is 15.7. The summed E-state index contributed by atoms with van der Waals surface area (Å²) in [6, 6.07) is 4.03. The summed E-state index contributed by atoms with van der Waals surface area (Å²) >= 11 is 0. The Morgan fingerprint density at radius 3 is 2.72 bits per heavy atom. The molecule has 0 aliphatic carbocycles. The number of imidazole rings is 1. The lowest BCUT2D eigenvalue weighted by atomic mass is 10.2. The molecule has 4 heterocycles. The minimum Gasteiger partial charge on any atom is -0.308 e. The van der Waals surface area contributed by atoms with E-state index in [-0.39, 0.29) is 0 Å². The Bertz CT molecular complexity index is 969. The SMILES string of the molecule is CCCC1=Nc2c(Cn3c(CC)nc4c(C)ccnc43)ccnc2[N]1. The lowest BCUT2D eigenvalue weighted by molar-refractivity contribution is 0.746. The minimum atomic E-state index is 0.680. The van der Waals surface area contributed by atoms with Gasteiger partial charge >= 0.3 is 0 Å². The van der Waals surface area contributed by atoms with Crippen molar-refractivity contribution >= 4 is 28.5 Å². The van der Waals surface area contributed by atoms with Gasteiger partial charge < -0.3 is 4.57 Å². The molecule has 0 aromatic carbocycles. The molecule has 1 radical (unpaired) electrons. The van der Waals surface area contributed by atoms with Gasteiger partial charge in [-0.2, -0.15) is 0 Å². The Balaban J connectivity index is 1.79. The fraction of sp³-hybridized carbons (Fsp3) is 0.368. The van der Waals surface area contributed by atoms with Gasteiger partial charge in [-0.25, -0.2) is 25.3 Å². The minimum absolute atomic E-state index is 0.680. The highest BCUT2D eigenvalue weighted by Crippen LogP contribution is 2.34. The normalized spacial score (nSPS) is 13.0. The number of fused-ring (bicyclic) bond motifs is 2. The summed E-state index contributed by atoms with van der Waals surface area (Å²) in [6.45, 7) is 7.01. The predicted octanol–water partition coefficient (Wildman–Crippen LogP) is 3.83. The van der Waals surface area contributed by atoms with Crippen molar-refractivity contribution in [3.63, 3.8) is 0 Å². The highest BCUT2D eigenvalue weighted by Gasteiger charge is 2.21. The molecular weight excluding hydrogens is 312 g/mol. The summed E-state index contributed by atoms with van der Waals surface area (Å²) in [7, 11) is 0. The third-order valence-corrected chi connectivity index (χ3v) is 4.50. The number of hydrogen-bond donors (Lipinski definition) is 0. The van der Waals surface area contributed by atoms with Crippen LogP contribution in [0.1, 0.15) is 43.6 Å². The van der Waals surface area contributed by atoms with Gasteiger partial charge in [0.05, 0.1) is 6.54 Å². The van der Waals surface area contributed by atoms with E-state index in [4.69, 9.17) is 9.98 Å². The number of aliphatic imine (C=N–C) groups is 1. The Labute approximate surface area is 147 Å². The van der Waals surface area contributed by atoms with Crippen LogP contribution in [-0.4, -0.2) is 25.4 Å². The van der Waals surface area contributed by atoms with E-state index < -0.39 is 0 Å². The van der Waals surface area contributed by atoms with Crippen molar-refractivity contribution in [2.45, 2.75) is 46.6 Å². The van der Waals surface area contributed by atoms with Crippen LogP contribution in [0.2, 0.25) is 0 Å². The highest BCUT2D eigenvalue weighted by atomic mass is 15.2. The van der Waals surface area contributed by atoms with Gasteiger partial charge in [0.1, 0.15) is 22.9 Å². The summed E-state index contributed by atoms with van der Waals surface area (Å²) in [6.07, 6.45) is 6.42. The van der Waals surface area contributed by atoms with Gasteiger partial charge in [-0.15, -0.1) is 0 Å². The maximum absolute atomic E-state index is 4.79. The first-order valence-electron chi connectivity index (χ1n) is 8.79. The predicted molar refractivity (Wildman–Crippen MR) is 98.8 cm³/mol. The molecule has 0 spiro atoms. The van der Waals surface area contributed by atoms with Crippen LogP contribution >= 0.6 is 0 Å². The number of nitrogens with zero attached hydrogens (tertiary/aromatic N) is 6. The fourth-order valence-corrected chi connectivity index (χ4v) is 3.21. The van der Waals surface area contributed by atoms with Crippen molar-refractivity contribution in [1.29, 1.82) is 0 Å². The van der Waals surface area contributed by atoms with Gasteiger partial charge in [0.15, 0.2) is 11.5 Å². The second-order valence-corrected chi connectivity index (χ2v) is 6.30. The zero-order valence-electron chi connectivity index (χ0n) is 14.8. The molecule has 0 saturated carbocycles. The number of amidine groups is 1. The van der Waals surface area contributed by atoms with Crippen molar-refractivity contribution < 1.29 is 0 Å². The topological polar surface area (TPSA) is 70.1 Å². The summed E-state index contributed by atoms with van der Waals surface area (Å²) in [5.41, 5.74) is 5.05. The van der Waals surface area contributed by atoms with Crippen LogP contribution in [0.25, 0.3) is 11.2 Å². The van der Waals surface area contributed by atoms with Gasteiger partial charge in [-0.05, 0) is 31.0 Å². The maximum Gasteiger partial charge on any atom is 0.180 e. The van der Waals surface area contributed by atoms with Gasteiger partial charge in [0, 0.05) is 30.8 Å². The number of aromatic nitrogens is 4. The van der Waals surface area contributed by atoms with Gasteiger partial charge in [0.25, 0.3) is 0 Å². The van der Waals surface area contributed by atoms with Gasteiger partial charge in [-0.3, -0.25) is 0 Å². The summed E-state index contributed by atoms with van der Waals surface area (Å²) in [5, 5.41) is 4.55. The second-order valence-electron chi connectivity index (χ2n) is 6.30. The van der Waals surface area contributed by atoms with E-state index in [1.807, 2.05) is 24.5 Å². The molecule has 3 aromatic rings. The van der Waals surface area contributed by atoms with Crippen LogP contribution in [0.3, 0.4) is 0 Å². The molecular formula is C19H21N6. The average Bonchev–Trinajstić information content (AvgIpc) is 3.18. The largest absolute Gasteiger partial charge is 0.308 e. The monoisotopic (exact) mass is 333 g/mol. The molecule has 0 N–H and O–H groups in total. The van der Waals surface area contributed by atoms with Crippen molar-refractivity contribution in [3.8, 4) is 0 Å². The summed E-state index contributed by atoms with van der Waals surface area (Å²) in [4.78, 5) is 18.4. The molecule has 0 amide bonds. The molecule has 0 fully saturated rings. The molecule has 4 rings (SSSR count). The zero-order chi connectivity index (χ0) is 17.4. The van der Waals surface area contributed by atoms with Crippen molar-refractivity contribution in [1.82, 2.24) is 24.8 Å². The maximum atomic E-state index is 4.79. The number of hydrogen-bond acceptors (Lipinski definition) is 4. The molecule has 1 aliphatic heterocycles. The van der Waals surface area contributed by atoms with Crippen molar-refractivity contribution in [2.75, 3.05) is 0 Å². The lowest BCUT2D eigenvalue weighted by Crippen LogP contribution is -2.06. The number of pyridine rings is 2. The summed E-state index contributed by atoms with van der Waals surface area (Å²) in [5.74, 6) is 2.64. The molecule has 25 heavy (non-hydrogen) atoms. The van der Waals surface area contributed by atoms with Crippen LogP contribution in [0.15, 0.2) is 29.5 Å². The fourth-order valence-electron chi connectivity index (χ4n) is 3.21. The molecule has 0 bridgehead atoms. The van der Waals surface area contributed by atoms with Crippen LogP contribution in [0.5, 0.6) is 0 Å². The average molecular weight is 333 g/mol. The first-order chi connectivity index (χ1) is 12.2. The Morgan fingerprint density at radius 2 is 1.92 bits per heavy atom. The first-order valence-corrected chi connectivity index (χ1v) is 8.79. The van der Waals surface area contributed by atoms with E-state index in [2.05, 4.69) is 40.6 Å².